The number of hydrogen-bond acceptors (Lipinski definition) is 7. The van der Waals surface area contributed by atoms with Gasteiger partial charge in [0.25, 0.3) is 5.91 Å². The van der Waals surface area contributed by atoms with Crippen LogP contribution in [0.25, 0.3) is 0 Å². The molecule has 0 bridgehead atoms. The summed E-state index contributed by atoms with van der Waals surface area (Å²) in [7, 11) is 1.44. The van der Waals surface area contributed by atoms with E-state index in [0.717, 1.165) is 56.2 Å². The lowest BCUT2D eigenvalue weighted by atomic mass is 9.84. The standard InChI is InChI=1S/C27H41N3O4S/c1-27(2,33)20-9-7-15-30(18-20)26(32)22-12-13-23(28-25(22)35-21-10-4-5-11-21)29-14-6-8-19(17-29)16-24(31)34-3/h12-13,19-21,33H,4-11,14-18H2,1-3H3. The molecule has 2 saturated heterocycles. The number of thioether (sulfide) groups is 1. The quantitative estimate of drug-likeness (QED) is 0.548. The van der Waals surface area contributed by atoms with Gasteiger partial charge in [0.1, 0.15) is 10.8 Å². The minimum absolute atomic E-state index is 0.0284. The van der Waals surface area contributed by atoms with Crippen molar-refractivity contribution in [3.05, 3.63) is 17.7 Å². The molecule has 1 saturated carbocycles. The fourth-order valence-electron chi connectivity index (χ4n) is 5.69. The first-order chi connectivity index (χ1) is 16.7. The van der Waals surface area contributed by atoms with Crippen molar-refractivity contribution in [3.63, 3.8) is 0 Å². The van der Waals surface area contributed by atoms with Gasteiger partial charge in [-0.25, -0.2) is 4.98 Å². The third-order valence-electron chi connectivity index (χ3n) is 7.89. The molecule has 0 radical (unpaired) electrons. The van der Waals surface area contributed by atoms with Crippen LogP contribution in [-0.2, 0) is 9.53 Å². The van der Waals surface area contributed by atoms with E-state index >= 15 is 0 Å². The number of methoxy groups -OCH3 is 1. The number of amides is 1. The van der Waals surface area contributed by atoms with Crippen molar-refractivity contribution in [1.29, 1.82) is 0 Å². The number of rotatable bonds is 7. The summed E-state index contributed by atoms with van der Waals surface area (Å²) in [5, 5.41) is 11.9. The second-order valence-electron chi connectivity index (χ2n) is 11.0. The lowest BCUT2D eigenvalue weighted by molar-refractivity contribution is -0.141. The fourth-order valence-corrected chi connectivity index (χ4v) is 7.00. The first kappa shape index (κ1) is 26.3. The summed E-state index contributed by atoms with van der Waals surface area (Å²) < 4.78 is 4.88. The van der Waals surface area contributed by atoms with Crippen LogP contribution in [-0.4, -0.2) is 71.0 Å². The molecule has 2 atom stereocenters. The van der Waals surface area contributed by atoms with E-state index in [1.807, 2.05) is 30.9 Å². The summed E-state index contributed by atoms with van der Waals surface area (Å²) in [5.74, 6) is 1.11. The lowest BCUT2D eigenvalue weighted by Crippen LogP contribution is -2.47. The Morgan fingerprint density at radius 3 is 2.54 bits per heavy atom. The van der Waals surface area contributed by atoms with Crippen LogP contribution in [0.15, 0.2) is 17.2 Å². The highest BCUT2D eigenvalue weighted by atomic mass is 32.2. The first-order valence-electron chi connectivity index (χ1n) is 13.3. The first-order valence-corrected chi connectivity index (χ1v) is 14.1. The molecule has 194 valence electrons. The zero-order chi connectivity index (χ0) is 25.0. The molecule has 35 heavy (non-hydrogen) atoms. The van der Waals surface area contributed by atoms with Crippen LogP contribution >= 0.6 is 11.8 Å². The van der Waals surface area contributed by atoms with Gasteiger partial charge in [0, 0.05) is 43.8 Å². The van der Waals surface area contributed by atoms with Gasteiger partial charge in [-0.15, -0.1) is 11.8 Å². The topological polar surface area (TPSA) is 83.0 Å². The number of ether oxygens (including phenoxy) is 1. The van der Waals surface area contributed by atoms with Crippen LogP contribution < -0.4 is 4.90 Å². The Balaban J connectivity index is 1.55. The monoisotopic (exact) mass is 503 g/mol. The smallest absolute Gasteiger partial charge is 0.305 e. The largest absolute Gasteiger partial charge is 0.469 e. The molecule has 1 N–H and O–H groups in total. The van der Waals surface area contributed by atoms with E-state index in [0.29, 0.717) is 23.8 Å². The molecule has 1 aromatic heterocycles. The molecule has 0 aromatic carbocycles. The number of aromatic nitrogens is 1. The van der Waals surface area contributed by atoms with Crippen molar-refractivity contribution in [1.82, 2.24) is 9.88 Å². The van der Waals surface area contributed by atoms with Crippen molar-refractivity contribution in [2.45, 2.75) is 87.5 Å². The molecule has 2 unspecified atom stereocenters. The summed E-state index contributed by atoms with van der Waals surface area (Å²) in [6.07, 6.45) is 9.12. The highest BCUT2D eigenvalue weighted by Gasteiger charge is 2.34. The van der Waals surface area contributed by atoms with Crippen molar-refractivity contribution in [3.8, 4) is 0 Å². The summed E-state index contributed by atoms with van der Waals surface area (Å²) in [6.45, 7) is 6.68. The van der Waals surface area contributed by atoms with Gasteiger partial charge in [0.15, 0.2) is 0 Å². The molecule has 4 rings (SSSR count). The summed E-state index contributed by atoms with van der Waals surface area (Å²) >= 11 is 1.76. The van der Waals surface area contributed by atoms with Crippen molar-refractivity contribution < 1.29 is 19.4 Å². The number of aliphatic hydroxyl groups is 1. The Kier molecular flexibility index (Phi) is 8.63. The normalized spacial score (nSPS) is 24.0. The molecule has 7 nitrogen and oxygen atoms in total. The van der Waals surface area contributed by atoms with Gasteiger partial charge >= 0.3 is 5.97 Å². The van der Waals surface area contributed by atoms with Crippen LogP contribution in [0.3, 0.4) is 0 Å². The van der Waals surface area contributed by atoms with Crippen LogP contribution in [0.5, 0.6) is 0 Å². The Labute approximate surface area is 214 Å². The van der Waals surface area contributed by atoms with E-state index in [1.54, 1.807) is 11.8 Å². The fraction of sp³-hybridized carbons (Fsp3) is 0.741. The second kappa shape index (κ2) is 11.5. The predicted molar refractivity (Wildman–Crippen MR) is 139 cm³/mol. The van der Waals surface area contributed by atoms with Crippen molar-refractivity contribution in [2.24, 2.45) is 11.8 Å². The number of anilines is 1. The highest BCUT2D eigenvalue weighted by Crippen LogP contribution is 2.38. The van der Waals surface area contributed by atoms with E-state index in [2.05, 4.69) is 4.90 Å². The number of hydrogen-bond donors (Lipinski definition) is 1. The minimum atomic E-state index is -0.794. The predicted octanol–water partition coefficient (Wildman–Crippen LogP) is 4.52. The number of pyridine rings is 1. The number of carbonyl (C=O) groups is 2. The van der Waals surface area contributed by atoms with Crippen molar-refractivity contribution >= 4 is 29.5 Å². The second-order valence-corrected chi connectivity index (χ2v) is 12.3. The molecule has 1 aliphatic carbocycles. The molecule has 1 aromatic rings. The Bertz CT molecular complexity index is 897. The SMILES string of the molecule is COC(=O)CC1CCCN(c2ccc(C(=O)N3CCCC(C(C)(C)O)C3)c(SC3CCCC3)n2)C1. The number of piperidine rings is 2. The van der Waals surface area contributed by atoms with Gasteiger partial charge in [-0.1, -0.05) is 12.8 Å². The van der Waals surface area contributed by atoms with Crippen LogP contribution in [0.1, 0.15) is 82.0 Å². The number of nitrogens with zero attached hydrogens (tertiary/aromatic N) is 3. The van der Waals surface area contributed by atoms with Gasteiger partial charge in [-0.2, -0.15) is 0 Å². The number of esters is 1. The number of likely N-dealkylation sites (tertiary alicyclic amines) is 1. The zero-order valence-electron chi connectivity index (χ0n) is 21.5. The van der Waals surface area contributed by atoms with Crippen molar-refractivity contribution in [2.75, 3.05) is 38.2 Å². The summed E-state index contributed by atoms with van der Waals surface area (Å²) in [5.41, 5.74) is -0.109. The average molecular weight is 504 g/mol. The lowest BCUT2D eigenvalue weighted by Gasteiger charge is -2.39. The molecular formula is C27H41N3O4S. The Morgan fingerprint density at radius 1 is 1.09 bits per heavy atom. The summed E-state index contributed by atoms with van der Waals surface area (Å²) in [6, 6.07) is 3.93. The molecule has 1 amide bonds. The van der Waals surface area contributed by atoms with E-state index < -0.39 is 5.60 Å². The van der Waals surface area contributed by atoms with E-state index in [-0.39, 0.29) is 23.7 Å². The van der Waals surface area contributed by atoms with Crippen LogP contribution in [0.2, 0.25) is 0 Å². The Hall–Kier alpha value is -1.80. The van der Waals surface area contributed by atoms with E-state index in [1.165, 1.54) is 32.8 Å². The Morgan fingerprint density at radius 2 is 1.83 bits per heavy atom. The van der Waals surface area contributed by atoms with Gasteiger partial charge in [-0.3, -0.25) is 9.59 Å². The summed E-state index contributed by atoms with van der Waals surface area (Å²) in [4.78, 5) is 34.7. The average Bonchev–Trinajstić information content (AvgIpc) is 3.36. The van der Waals surface area contributed by atoms with E-state index in [9.17, 15) is 14.7 Å². The zero-order valence-corrected chi connectivity index (χ0v) is 22.3. The molecule has 3 heterocycles. The molecule has 8 heteroatoms. The molecular weight excluding hydrogens is 462 g/mol. The van der Waals surface area contributed by atoms with E-state index in [4.69, 9.17) is 9.72 Å². The minimum Gasteiger partial charge on any atom is -0.469 e. The molecule has 2 aliphatic heterocycles. The molecule has 0 spiro atoms. The maximum absolute atomic E-state index is 13.7. The molecule has 3 aliphatic rings. The third kappa shape index (κ3) is 6.70. The maximum Gasteiger partial charge on any atom is 0.305 e. The van der Waals surface area contributed by atoms with Gasteiger partial charge in [-0.05, 0) is 70.4 Å². The maximum atomic E-state index is 13.7. The highest BCUT2D eigenvalue weighted by molar-refractivity contribution is 7.99. The van der Waals surface area contributed by atoms with Gasteiger partial charge < -0.3 is 19.6 Å². The third-order valence-corrected chi connectivity index (χ3v) is 9.23. The van der Waals surface area contributed by atoms with Gasteiger partial charge in [0.2, 0.25) is 0 Å². The number of carbonyl (C=O) groups excluding carboxylic acids is 2. The van der Waals surface area contributed by atoms with Gasteiger partial charge in [0.05, 0.1) is 18.3 Å². The molecule has 3 fully saturated rings. The van der Waals surface area contributed by atoms with Crippen LogP contribution in [0, 0.1) is 11.8 Å². The van der Waals surface area contributed by atoms with Crippen LogP contribution in [0.4, 0.5) is 5.82 Å².